The molecule has 0 unspecified atom stereocenters. The summed E-state index contributed by atoms with van der Waals surface area (Å²) in [4.78, 5) is 0.453. The van der Waals surface area contributed by atoms with Crippen LogP contribution in [0.1, 0.15) is 52.0 Å². The third kappa shape index (κ3) is 4.01. The summed E-state index contributed by atoms with van der Waals surface area (Å²) in [6.45, 7) is 8.86. The third-order valence-electron chi connectivity index (χ3n) is 5.16. The molecule has 0 amide bonds. The Kier molecular flexibility index (Phi) is 5.05. The maximum atomic E-state index is 13.4. The van der Waals surface area contributed by atoms with E-state index in [0.717, 1.165) is 31.5 Å². The summed E-state index contributed by atoms with van der Waals surface area (Å²) in [5, 5.41) is 3.34. The maximum absolute atomic E-state index is 13.4. The molecule has 3 rings (SSSR count). The van der Waals surface area contributed by atoms with Gasteiger partial charge in [0.05, 0.1) is 4.90 Å². The van der Waals surface area contributed by atoms with E-state index >= 15 is 0 Å². The lowest BCUT2D eigenvalue weighted by molar-refractivity contribution is 0.255. The van der Waals surface area contributed by atoms with Gasteiger partial charge < -0.3 is 5.32 Å². The first-order valence-corrected chi connectivity index (χ1v) is 10.6. The molecule has 0 aromatic heterocycles. The van der Waals surface area contributed by atoms with E-state index in [9.17, 15) is 8.42 Å². The molecule has 1 aromatic carbocycles. The lowest BCUT2D eigenvalue weighted by Gasteiger charge is -2.34. The monoisotopic (exact) mass is 350 g/mol. The first kappa shape index (κ1) is 17.9. The summed E-state index contributed by atoms with van der Waals surface area (Å²) < 4.78 is 28.6. The van der Waals surface area contributed by atoms with Crippen molar-refractivity contribution in [1.82, 2.24) is 9.62 Å². The Hall–Kier alpha value is -0.910. The maximum Gasteiger partial charge on any atom is 0.243 e. The van der Waals surface area contributed by atoms with Gasteiger partial charge in [0, 0.05) is 12.6 Å². The molecule has 1 saturated heterocycles. The molecule has 1 aromatic rings. The van der Waals surface area contributed by atoms with Gasteiger partial charge in [-0.15, -0.1) is 0 Å². The van der Waals surface area contributed by atoms with Crippen molar-refractivity contribution in [3.8, 4) is 0 Å². The fourth-order valence-electron chi connectivity index (χ4n) is 3.35. The minimum Gasteiger partial charge on any atom is -0.317 e. The molecular formula is C19H30N2O2S. The molecule has 0 bridgehead atoms. The zero-order valence-corrected chi connectivity index (χ0v) is 15.9. The predicted octanol–water partition coefficient (Wildman–Crippen LogP) is 3.14. The highest BCUT2D eigenvalue weighted by Gasteiger charge is 2.37. The molecule has 0 atom stereocenters. The van der Waals surface area contributed by atoms with Gasteiger partial charge in [0.15, 0.2) is 0 Å². The molecular weight excluding hydrogens is 320 g/mol. The van der Waals surface area contributed by atoms with E-state index in [1.165, 1.54) is 12.8 Å². The first-order valence-electron chi connectivity index (χ1n) is 9.11. The van der Waals surface area contributed by atoms with Crippen molar-refractivity contribution < 1.29 is 8.42 Å². The second-order valence-corrected chi connectivity index (χ2v) is 10.2. The quantitative estimate of drug-likeness (QED) is 0.887. The Bertz CT molecular complexity index is 669. The smallest absolute Gasteiger partial charge is 0.243 e. The number of hydrogen-bond acceptors (Lipinski definition) is 3. The standard InChI is InChI=1S/C19H30N2O2S/c1-19(2,3)16-5-4-6-18(13-16)24(22,23)21(14-15-7-8-15)17-9-11-20-12-10-17/h4-6,13,15,17,20H,7-12,14H2,1-3H3. The molecule has 24 heavy (non-hydrogen) atoms. The molecule has 1 N–H and O–H groups in total. The van der Waals surface area contributed by atoms with Crippen LogP contribution in [0.25, 0.3) is 0 Å². The van der Waals surface area contributed by atoms with Gasteiger partial charge in [-0.25, -0.2) is 8.42 Å². The van der Waals surface area contributed by atoms with E-state index in [4.69, 9.17) is 0 Å². The molecule has 4 nitrogen and oxygen atoms in total. The number of benzene rings is 1. The zero-order valence-electron chi connectivity index (χ0n) is 15.1. The Morgan fingerprint density at radius 3 is 2.38 bits per heavy atom. The van der Waals surface area contributed by atoms with E-state index in [-0.39, 0.29) is 11.5 Å². The lowest BCUT2D eigenvalue weighted by Crippen LogP contribution is -2.47. The van der Waals surface area contributed by atoms with Crippen molar-refractivity contribution in [3.63, 3.8) is 0 Å². The fraction of sp³-hybridized carbons (Fsp3) is 0.684. The highest BCUT2D eigenvalue weighted by atomic mass is 32.2. The summed E-state index contributed by atoms with van der Waals surface area (Å²) in [6, 6.07) is 7.66. The molecule has 0 radical (unpaired) electrons. The SMILES string of the molecule is CC(C)(C)c1cccc(S(=O)(=O)N(CC2CC2)C2CCNCC2)c1. The second-order valence-electron chi connectivity index (χ2n) is 8.28. The molecule has 1 aliphatic carbocycles. The van der Waals surface area contributed by atoms with Gasteiger partial charge in [-0.3, -0.25) is 0 Å². The van der Waals surface area contributed by atoms with Gasteiger partial charge in [0.2, 0.25) is 10.0 Å². The van der Waals surface area contributed by atoms with Crippen molar-refractivity contribution in [3.05, 3.63) is 29.8 Å². The van der Waals surface area contributed by atoms with Gasteiger partial charge >= 0.3 is 0 Å². The third-order valence-corrected chi connectivity index (χ3v) is 7.07. The Morgan fingerprint density at radius 2 is 1.79 bits per heavy atom. The van der Waals surface area contributed by atoms with Crippen LogP contribution in [0.2, 0.25) is 0 Å². The van der Waals surface area contributed by atoms with Crippen LogP contribution in [0, 0.1) is 5.92 Å². The Labute approximate surface area is 146 Å². The van der Waals surface area contributed by atoms with Crippen molar-refractivity contribution in [2.24, 2.45) is 5.92 Å². The van der Waals surface area contributed by atoms with Gasteiger partial charge in [-0.1, -0.05) is 32.9 Å². The highest BCUT2D eigenvalue weighted by Crippen LogP contribution is 2.34. The highest BCUT2D eigenvalue weighted by molar-refractivity contribution is 7.89. The summed E-state index contributed by atoms with van der Waals surface area (Å²) in [5.41, 5.74) is 1.02. The van der Waals surface area contributed by atoms with E-state index in [2.05, 4.69) is 26.1 Å². The second kappa shape index (κ2) is 6.77. The van der Waals surface area contributed by atoms with Gasteiger partial charge in [-0.2, -0.15) is 4.31 Å². The van der Waals surface area contributed by atoms with Crippen LogP contribution in [0.5, 0.6) is 0 Å². The van der Waals surface area contributed by atoms with Crippen molar-refractivity contribution in [1.29, 1.82) is 0 Å². The van der Waals surface area contributed by atoms with Crippen molar-refractivity contribution in [2.45, 2.75) is 62.8 Å². The topological polar surface area (TPSA) is 49.4 Å². The largest absolute Gasteiger partial charge is 0.317 e. The van der Waals surface area contributed by atoms with Crippen LogP contribution >= 0.6 is 0 Å². The van der Waals surface area contributed by atoms with Crippen LogP contribution in [0.4, 0.5) is 0 Å². The zero-order chi connectivity index (χ0) is 17.4. The van der Waals surface area contributed by atoms with Crippen LogP contribution in [-0.2, 0) is 15.4 Å². The van der Waals surface area contributed by atoms with Crippen LogP contribution in [0.3, 0.4) is 0 Å². The van der Waals surface area contributed by atoms with E-state index in [1.807, 2.05) is 22.5 Å². The van der Waals surface area contributed by atoms with Gasteiger partial charge in [0.25, 0.3) is 0 Å². The number of hydrogen-bond donors (Lipinski definition) is 1. The fourth-order valence-corrected chi connectivity index (χ4v) is 5.16. The molecule has 2 fully saturated rings. The van der Waals surface area contributed by atoms with Gasteiger partial charge in [-0.05, 0) is 67.8 Å². The number of nitrogens with zero attached hydrogens (tertiary/aromatic N) is 1. The summed E-state index contributed by atoms with van der Waals surface area (Å²) in [5.74, 6) is 0.556. The number of rotatable bonds is 5. The number of piperidine rings is 1. The number of sulfonamides is 1. The van der Waals surface area contributed by atoms with Crippen LogP contribution < -0.4 is 5.32 Å². The Balaban J connectivity index is 1.92. The summed E-state index contributed by atoms with van der Waals surface area (Å²) >= 11 is 0. The molecule has 5 heteroatoms. The van der Waals surface area contributed by atoms with E-state index in [0.29, 0.717) is 17.4 Å². The van der Waals surface area contributed by atoms with Crippen LogP contribution in [0.15, 0.2) is 29.2 Å². The van der Waals surface area contributed by atoms with Crippen molar-refractivity contribution >= 4 is 10.0 Å². The summed E-state index contributed by atoms with van der Waals surface area (Å²) in [7, 11) is -3.43. The number of nitrogens with one attached hydrogen (secondary N) is 1. The molecule has 1 aliphatic heterocycles. The van der Waals surface area contributed by atoms with Gasteiger partial charge in [0.1, 0.15) is 0 Å². The molecule has 1 saturated carbocycles. The minimum atomic E-state index is -3.43. The summed E-state index contributed by atoms with van der Waals surface area (Å²) in [6.07, 6.45) is 4.15. The minimum absolute atomic E-state index is 0.0540. The molecule has 0 spiro atoms. The molecule has 1 heterocycles. The predicted molar refractivity (Wildman–Crippen MR) is 97.6 cm³/mol. The average molecular weight is 351 g/mol. The molecule has 134 valence electrons. The van der Waals surface area contributed by atoms with Crippen molar-refractivity contribution in [2.75, 3.05) is 19.6 Å². The van der Waals surface area contributed by atoms with Crippen LogP contribution in [-0.4, -0.2) is 38.4 Å². The average Bonchev–Trinajstić information content (AvgIpc) is 3.37. The molecule has 2 aliphatic rings. The van der Waals surface area contributed by atoms with E-state index in [1.54, 1.807) is 6.07 Å². The normalized spacial score (nSPS) is 20.5. The van der Waals surface area contributed by atoms with E-state index < -0.39 is 10.0 Å². The Morgan fingerprint density at radius 1 is 1.12 bits per heavy atom. The first-order chi connectivity index (χ1) is 11.3. The lowest BCUT2D eigenvalue weighted by atomic mass is 9.87.